The molecule has 1 aromatic carbocycles. The third kappa shape index (κ3) is 3.00. The molecule has 0 unspecified atom stereocenters. The number of hydrogen-bond donors (Lipinski definition) is 1. The van der Waals surface area contributed by atoms with E-state index in [4.69, 9.17) is 4.74 Å². The van der Waals surface area contributed by atoms with Crippen molar-refractivity contribution in [2.75, 3.05) is 19.7 Å². The monoisotopic (exact) mass is 317 g/mol. The smallest absolute Gasteiger partial charge is 0.267 e. The van der Waals surface area contributed by atoms with Crippen molar-refractivity contribution in [2.24, 2.45) is 0 Å². The molecule has 1 amide bonds. The first kappa shape index (κ1) is 15.1. The standard InChI is InChI=1S/C17H19NO3S/c1-2-21-14-10-15(12-6-4-3-5-7-12)22-16(14)17(20)18-9-8-13(19)11-18/h3-7,10,13,19H,2,8-9,11H2,1H3/t13-/m1/s1. The van der Waals surface area contributed by atoms with Gasteiger partial charge >= 0.3 is 0 Å². The van der Waals surface area contributed by atoms with Crippen LogP contribution in [0.2, 0.25) is 0 Å². The lowest BCUT2D eigenvalue weighted by Gasteiger charge is -2.15. The average molecular weight is 317 g/mol. The summed E-state index contributed by atoms with van der Waals surface area (Å²) in [5.74, 6) is 0.588. The molecule has 4 nitrogen and oxygen atoms in total. The predicted molar refractivity (Wildman–Crippen MR) is 87.5 cm³/mol. The number of hydrogen-bond acceptors (Lipinski definition) is 4. The molecule has 0 spiro atoms. The average Bonchev–Trinajstić information content (AvgIpc) is 3.15. The van der Waals surface area contributed by atoms with Crippen LogP contribution in [0.1, 0.15) is 23.0 Å². The highest BCUT2D eigenvalue weighted by molar-refractivity contribution is 7.17. The lowest BCUT2D eigenvalue weighted by atomic mass is 10.2. The molecule has 0 radical (unpaired) electrons. The summed E-state index contributed by atoms with van der Waals surface area (Å²) in [6.07, 6.45) is 0.236. The van der Waals surface area contributed by atoms with Gasteiger partial charge in [-0.05, 0) is 25.0 Å². The zero-order valence-electron chi connectivity index (χ0n) is 12.5. The number of ether oxygens (including phenoxy) is 1. The number of carbonyl (C=O) groups excluding carboxylic acids is 1. The van der Waals surface area contributed by atoms with Gasteiger partial charge in [0, 0.05) is 18.0 Å². The van der Waals surface area contributed by atoms with Crippen molar-refractivity contribution in [1.82, 2.24) is 4.90 Å². The van der Waals surface area contributed by atoms with Crippen LogP contribution < -0.4 is 4.74 Å². The molecule has 116 valence electrons. The molecule has 0 saturated carbocycles. The maximum absolute atomic E-state index is 12.7. The number of β-amino-alcohol motifs (C(OH)–C–C–N with tert-alkyl or cyclic N) is 1. The molecule has 2 aromatic rings. The van der Waals surface area contributed by atoms with E-state index in [-0.39, 0.29) is 5.91 Å². The molecule has 1 N–H and O–H groups in total. The fourth-order valence-corrected chi connectivity index (χ4v) is 3.68. The second kappa shape index (κ2) is 6.50. The Morgan fingerprint density at radius 1 is 1.41 bits per heavy atom. The minimum atomic E-state index is -0.409. The molecule has 0 bridgehead atoms. The normalized spacial score (nSPS) is 17.7. The lowest BCUT2D eigenvalue weighted by Crippen LogP contribution is -2.29. The van der Waals surface area contributed by atoms with Crippen molar-refractivity contribution in [2.45, 2.75) is 19.4 Å². The third-order valence-corrected chi connectivity index (χ3v) is 4.85. The molecule has 2 heterocycles. The zero-order chi connectivity index (χ0) is 15.5. The first-order valence-corrected chi connectivity index (χ1v) is 8.30. The van der Waals surface area contributed by atoms with Gasteiger partial charge in [0.1, 0.15) is 10.6 Å². The van der Waals surface area contributed by atoms with Crippen molar-refractivity contribution in [3.05, 3.63) is 41.3 Å². The topological polar surface area (TPSA) is 49.8 Å². The third-order valence-electron chi connectivity index (χ3n) is 3.70. The maximum atomic E-state index is 12.7. The SMILES string of the molecule is CCOc1cc(-c2ccccc2)sc1C(=O)N1CC[C@@H](O)C1. The first-order chi connectivity index (χ1) is 10.7. The fraction of sp³-hybridized carbons (Fsp3) is 0.353. The number of carbonyl (C=O) groups is 1. The second-order valence-corrected chi connectivity index (χ2v) is 6.35. The summed E-state index contributed by atoms with van der Waals surface area (Å²) in [6, 6.07) is 11.9. The summed E-state index contributed by atoms with van der Waals surface area (Å²) in [7, 11) is 0. The summed E-state index contributed by atoms with van der Waals surface area (Å²) < 4.78 is 5.65. The van der Waals surface area contributed by atoms with Gasteiger partial charge in [-0.2, -0.15) is 0 Å². The van der Waals surface area contributed by atoms with E-state index < -0.39 is 6.10 Å². The maximum Gasteiger partial charge on any atom is 0.267 e. The van der Waals surface area contributed by atoms with Gasteiger partial charge < -0.3 is 14.7 Å². The van der Waals surface area contributed by atoms with Gasteiger partial charge in [0.15, 0.2) is 0 Å². The molecule has 1 atom stereocenters. The highest BCUT2D eigenvalue weighted by Gasteiger charge is 2.29. The van der Waals surface area contributed by atoms with Crippen LogP contribution in [0, 0.1) is 0 Å². The van der Waals surface area contributed by atoms with Gasteiger partial charge in [-0.15, -0.1) is 11.3 Å². The number of likely N-dealkylation sites (tertiary alicyclic amines) is 1. The molecule has 1 saturated heterocycles. The number of aliphatic hydroxyl groups is 1. The molecule has 0 aliphatic carbocycles. The lowest BCUT2D eigenvalue weighted by molar-refractivity contribution is 0.0766. The van der Waals surface area contributed by atoms with Crippen molar-refractivity contribution in [1.29, 1.82) is 0 Å². The van der Waals surface area contributed by atoms with E-state index in [0.29, 0.717) is 36.7 Å². The number of amides is 1. The molecule has 1 aliphatic heterocycles. The predicted octanol–water partition coefficient (Wildman–Crippen LogP) is 3.02. The van der Waals surface area contributed by atoms with E-state index in [1.807, 2.05) is 43.3 Å². The van der Waals surface area contributed by atoms with Gasteiger partial charge in [-0.25, -0.2) is 0 Å². The van der Waals surface area contributed by atoms with Crippen molar-refractivity contribution in [3.63, 3.8) is 0 Å². The van der Waals surface area contributed by atoms with Crippen LogP contribution in [0.4, 0.5) is 0 Å². The molecular weight excluding hydrogens is 298 g/mol. The highest BCUT2D eigenvalue weighted by atomic mass is 32.1. The van der Waals surface area contributed by atoms with E-state index in [1.165, 1.54) is 11.3 Å². The van der Waals surface area contributed by atoms with E-state index in [1.54, 1.807) is 4.90 Å². The molecular formula is C17H19NO3S. The quantitative estimate of drug-likeness (QED) is 0.943. The summed E-state index contributed by atoms with van der Waals surface area (Å²) in [4.78, 5) is 16.0. The van der Waals surface area contributed by atoms with Gasteiger partial charge in [-0.1, -0.05) is 30.3 Å². The molecule has 1 aromatic heterocycles. The van der Waals surface area contributed by atoms with Crippen LogP contribution in [0.25, 0.3) is 10.4 Å². The van der Waals surface area contributed by atoms with E-state index in [9.17, 15) is 9.90 Å². The van der Waals surface area contributed by atoms with E-state index in [2.05, 4.69) is 0 Å². The van der Waals surface area contributed by atoms with Crippen LogP contribution in [0.3, 0.4) is 0 Å². The zero-order valence-corrected chi connectivity index (χ0v) is 13.3. The molecule has 3 rings (SSSR count). The first-order valence-electron chi connectivity index (χ1n) is 7.48. The van der Waals surface area contributed by atoms with E-state index in [0.717, 1.165) is 10.4 Å². The Labute approximate surface area is 134 Å². The molecule has 1 aliphatic rings. The van der Waals surface area contributed by atoms with E-state index >= 15 is 0 Å². The van der Waals surface area contributed by atoms with Crippen LogP contribution in [-0.2, 0) is 0 Å². The van der Waals surface area contributed by atoms with Crippen LogP contribution in [0.5, 0.6) is 5.75 Å². The minimum absolute atomic E-state index is 0.0489. The van der Waals surface area contributed by atoms with Crippen molar-refractivity contribution in [3.8, 4) is 16.2 Å². The number of aliphatic hydroxyl groups excluding tert-OH is 1. The molecule has 1 fully saturated rings. The van der Waals surface area contributed by atoms with Crippen molar-refractivity contribution >= 4 is 17.2 Å². The summed E-state index contributed by atoms with van der Waals surface area (Å²) in [6.45, 7) is 3.44. The second-order valence-electron chi connectivity index (χ2n) is 5.30. The van der Waals surface area contributed by atoms with Gasteiger partial charge in [-0.3, -0.25) is 4.79 Å². The largest absolute Gasteiger partial charge is 0.492 e. The Hall–Kier alpha value is -1.85. The Bertz CT molecular complexity index is 653. The highest BCUT2D eigenvalue weighted by Crippen LogP contribution is 2.37. The summed E-state index contributed by atoms with van der Waals surface area (Å²) >= 11 is 1.45. The summed E-state index contributed by atoms with van der Waals surface area (Å²) in [5, 5.41) is 9.63. The Balaban J connectivity index is 1.92. The molecule has 22 heavy (non-hydrogen) atoms. The van der Waals surface area contributed by atoms with Gasteiger partial charge in [0.2, 0.25) is 0 Å². The Morgan fingerprint density at radius 2 is 2.18 bits per heavy atom. The van der Waals surface area contributed by atoms with Crippen LogP contribution in [0.15, 0.2) is 36.4 Å². The minimum Gasteiger partial charge on any atom is -0.492 e. The van der Waals surface area contributed by atoms with Crippen LogP contribution >= 0.6 is 11.3 Å². The van der Waals surface area contributed by atoms with Gasteiger partial charge in [0.25, 0.3) is 5.91 Å². The Morgan fingerprint density at radius 3 is 2.82 bits per heavy atom. The number of nitrogens with zero attached hydrogens (tertiary/aromatic N) is 1. The Kier molecular flexibility index (Phi) is 4.45. The van der Waals surface area contributed by atoms with Crippen LogP contribution in [-0.4, -0.2) is 41.7 Å². The van der Waals surface area contributed by atoms with Gasteiger partial charge in [0.05, 0.1) is 12.7 Å². The summed E-state index contributed by atoms with van der Waals surface area (Å²) in [5.41, 5.74) is 1.08. The molecule has 5 heteroatoms. The number of thiophene rings is 1. The van der Waals surface area contributed by atoms with Crippen molar-refractivity contribution < 1.29 is 14.6 Å². The number of rotatable bonds is 4. The fourth-order valence-electron chi connectivity index (χ4n) is 2.60. The number of benzene rings is 1.